The molecule has 1 N–H and O–H groups in total. The van der Waals surface area contributed by atoms with Gasteiger partial charge in [0.1, 0.15) is 0 Å². The number of pyridine rings is 1. The molecule has 0 atom stereocenters. The first-order valence-electron chi connectivity index (χ1n) is 8.51. The number of carbonyl (C=O) groups is 1. The van der Waals surface area contributed by atoms with Crippen molar-refractivity contribution in [1.82, 2.24) is 19.7 Å². The topological polar surface area (TPSA) is 81.9 Å². The fourth-order valence-electron chi connectivity index (χ4n) is 3.02. The predicted octanol–water partition coefficient (Wildman–Crippen LogP) is 3.52. The molecule has 138 valence electrons. The second kappa shape index (κ2) is 6.62. The molecule has 0 aliphatic rings. The molecule has 0 bridgehead atoms. The molecule has 0 aliphatic heterocycles. The zero-order chi connectivity index (χ0) is 19.1. The molecule has 0 radical (unpaired) electrons. The zero-order valence-corrected chi connectivity index (χ0v) is 16.3. The summed E-state index contributed by atoms with van der Waals surface area (Å²) in [5.41, 5.74) is 4.70. The van der Waals surface area contributed by atoms with Gasteiger partial charge in [0.15, 0.2) is 17.4 Å². The van der Waals surface area contributed by atoms with Crippen molar-refractivity contribution in [2.24, 2.45) is 7.05 Å². The van der Waals surface area contributed by atoms with E-state index in [0.717, 1.165) is 38.1 Å². The Kier molecular flexibility index (Phi) is 4.27. The molecule has 4 rings (SSSR count). The number of nitrogens with one attached hydrogen (secondary N) is 1. The van der Waals surface area contributed by atoms with Crippen molar-refractivity contribution in [2.75, 3.05) is 11.9 Å². The highest BCUT2D eigenvalue weighted by Gasteiger charge is 2.16. The third-order valence-corrected chi connectivity index (χ3v) is 5.15. The molecule has 0 saturated heterocycles. The average molecular weight is 381 g/mol. The summed E-state index contributed by atoms with van der Waals surface area (Å²) < 4.78 is 8.39. The highest BCUT2D eigenvalue weighted by molar-refractivity contribution is 7.22. The van der Waals surface area contributed by atoms with E-state index in [1.807, 2.05) is 46.0 Å². The maximum absolute atomic E-state index is 12.3. The number of hydrogen-bond donors (Lipinski definition) is 1. The molecule has 4 aromatic rings. The van der Waals surface area contributed by atoms with E-state index >= 15 is 0 Å². The van der Waals surface area contributed by atoms with Crippen LogP contribution in [0.5, 0.6) is 5.88 Å². The molecule has 0 aliphatic carbocycles. The number of aromatic nitrogens is 4. The summed E-state index contributed by atoms with van der Waals surface area (Å²) in [7, 11) is 1.81. The Morgan fingerprint density at radius 2 is 2.04 bits per heavy atom. The number of amides is 1. The lowest BCUT2D eigenvalue weighted by Gasteiger charge is -2.04. The monoisotopic (exact) mass is 381 g/mol. The van der Waals surface area contributed by atoms with Crippen LogP contribution < -0.4 is 10.1 Å². The highest BCUT2D eigenvalue weighted by Crippen LogP contribution is 2.28. The smallest absolute Gasteiger partial charge is 0.264 e. The molecule has 0 spiro atoms. The van der Waals surface area contributed by atoms with Gasteiger partial charge in [-0.25, -0.2) is 14.6 Å². The number of anilines is 1. The van der Waals surface area contributed by atoms with Crippen molar-refractivity contribution in [3.8, 4) is 5.88 Å². The van der Waals surface area contributed by atoms with Crippen molar-refractivity contribution in [1.29, 1.82) is 0 Å². The Morgan fingerprint density at radius 3 is 2.85 bits per heavy atom. The SMILES string of the molecule is Cc1ccc2nc(NC(=O)COc3nn(C)c4nc(C)cc(C)c34)sc2c1. The number of hydrogen-bond acceptors (Lipinski definition) is 6. The first-order chi connectivity index (χ1) is 12.9. The van der Waals surface area contributed by atoms with Gasteiger partial charge in [-0.3, -0.25) is 10.1 Å². The molecule has 0 saturated carbocycles. The van der Waals surface area contributed by atoms with Crippen LogP contribution in [0.3, 0.4) is 0 Å². The molecule has 8 heteroatoms. The van der Waals surface area contributed by atoms with E-state index in [9.17, 15) is 4.79 Å². The molecule has 27 heavy (non-hydrogen) atoms. The molecule has 1 aromatic carbocycles. The van der Waals surface area contributed by atoms with Crippen LogP contribution in [-0.4, -0.2) is 32.3 Å². The van der Waals surface area contributed by atoms with Crippen LogP contribution in [0.4, 0.5) is 5.13 Å². The normalized spacial score (nSPS) is 11.3. The third kappa shape index (κ3) is 3.35. The Hall–Kier alpha value is -3.00. The molecule has 1 amide bonds. The van der Waals surface area contributed by atoms with Gasteiger partial charge in [-0.15, -0.1) is 5.10 Å². The summed E-state index contributed by atoms with van der Waals surface area (Å²) in [6.07, 6.45) is 0. The Balaban J connectivity index is 1.50. The number of carbonyl (C=O) groups excluding carboxylic acids is 1. The number of nitrogens with zero attached hydrogens (tertiary/aromatic N) is 4. The fourth-order valence-corrected chi connectivity index (χ4v) is 4.00. The van der Waals surface area contributed by atoms with Crippen LogP contribution >= 0.6 is 11.3 Å². The summed E-state index contributed by atoms with van der Waals surface area (Å²) in [6.45, 7) is 5.80. The van der Waals surface area contributed by atoms with Crippen LogP contribution in [0.25, 0.3) is 21.3 Å². The molecule has 3 heterocycles. The van der Waals surface area contributed by atoms with Gasteiger partial charge in [0.2, 0.25) is 5.88 Å². The first-order valence-corrected chi connectivity index (χ1v) is 9.33. The van der Waals surface area contributed by atoms with Gasteiger partial charge in [0.05, 0.1) is 15.6 Å². The number of benzene rings is 1. The van der Waals surface area contributed by atoms with Gasteiger partial charge < -0.3 is 4.74 Å². The van der Waals surface area contributed by atoms with E-state index in [-0.39, 0.29) is 12.5 Å². The minimum absolute atomic E-state index is 0.144. The lowest BCUT2D eigenvalue weighted by Crippen LogP contribution is -2.20. The second-order valence-corrected chi connectivity index (χ2v) is 7.57. The number of ether oxygens (including phenoxy) is 1. The van der Waals surface area contributed by atoms with Gasteiger partial charge >= 0.3 is 0 Å². The molecular weight excluding hydrogens is 362 g/mol. The molecular formula is C19H19N5O2S. The number of aryl methyl sites for hydroxylation is 4. The maximum atomic E-state index is 12.3. The van der Waals surface area contributed by atoms with E-state index < -0.39 is 0 Å². The predicted molar refractivity (Wildman–Crippen MR) is 106 cm³/mol. The van der Waals surface area contributed by atoms with Crippen molar-refractivity contribution in [3.05, 3.63) is 41.1 Å². The summed E-state index contributed by atoms with van der Waals surface area (Å²) in [5.74, 6) is 0.134. The quantitative estimate of drug-likeness (QED) is 0.585. The van der Waals surface area contributed by atoms with Gasteiger partial charge in [0.25, 0.3) is 5.91 Å². The average Bonchev–Trinajstić information content (AvgIpc) is 3.13. The van der Waals surface area contributed by atoms with Crippen molar-refractivity contribution < 1.29 is 9.53 Å². The van der Waals surface area contributed by atoms with Crippen LogP contribution in [-0.2, 0) is 11.8 Å². The Labute approximate surface area is 160 Å². The lowest BCUT2D eigenvalue weighted by atomic mass is 10.2. The molecule has 7 nitrogen and oxygen atoms in total. The Morgan fingerprint density at radius 1 is 1.22 bits per heavy atom. The van der Waals surface area contributed by atoms with E-state index in [1.165, 1.54) is 11.3 Å². The van der Waals surface area contributed by atoms with Crippen molar-refractivity contribution >= 4 is 43.6 Å². The van der Waals surface area contributed by atoms with Crippen LogP contribution in [0.1, 0.15) is 16.8 Å². The van der Waals surface area contributed by atoms with Crippen molar-refractivity contribution in [2.45, 2.75) is 20.8 Å². The van der Waals surface area contributed by atoms with Gasteiger partial charge in [-0.1, -0.05) is 17.4 Å². The minimum atomic E-state index is -0.276. The number of fused-ring (bicyclic) bond motifs is 2. The summed E-state index contributed by atoms with van der Waals surface area (Å²) >= 11 is 1.44. The van der Waals surface area contributed by atoms with Crippen LogP contribution in [0.15, 0.2) is 24.3 Å². The molecule has 0 unspecified atom stereocenters. The van der Waals surface area contributed by atoms with E-state index in [1.54, 1.807) is 4.68 Å². The first kappa shape index (κ1) is 17.4. The summed E-state index contributed by atoms with van der Waals surface area (Å²) in [5, 5.41) is 8.53. The zero-order valence-electron chi connectivity index (χ0n) is 15.5. The second-order valence-electron chi connectivity index (χ2n) is 6.53. The maximum Gasteiger partial charge on any atom is 0.264 e. The standard InChI is InChI=1S/C19H19N5O2S/c1-10-5-6-13-14(7-10)27-19(21-13)22-15(25)9-26-18-16-11(2)8-12(3)20-17(16)24(4)23-18/h5-8H,9H2,1-4H3,(H,21,22,25). The van der Waals surface area contributed by atoms with Gasteiger partial charge in [0, 0.05) is 12.7 Å². The van der Waals surface area contributed by atoms with Crippen LogP contribution in [0.2, 0.25) is 0 Å². The van der Waals surface area contributed by atoms with Gasteiger partial charge in [-0.2, -0.15) is 0 Å². The lowest BCUT2D eigenvalue weighted by molar-refractivity contribution is -0.118. The molecule has 0 fully saturated rings. The van der Waals surface area contributed by atoms with E-state index in [0.29, 0.717) is 11.0 Å². The number of rotatable bonds is 4. The fraction of sp³-hybridized carbons (Fsp3) is 0.263. The van der Waals surface area contributed by atoms with Crippen LogP contribution in [0, 0.1) is 20.8 Å². The highest BCUT2D eigenvalue weighted by atomic mass is 32.1. The largest absolute Gasteiger partial charge is 0.466 e. The van der Waals surface area contributed by atoms with Crippen molar-refractivity contribution in [3.63, 3.8) is 0 Å². The summed E-state index contributed by atoms with van der Waals surface area (Å²) in [6, 6.07) is 7.98. The van der Waals surface area contributed by atoms with E-state index in [4.69, 9.17) is 4.74 Å². The number of thiazole rings is 1. The summed E-state index contributed by atoms with van der Waals surface area (Å²) in [4.78, 5) is 21.2. The van der Waals surface area contributed by atoms with E-state index in [2.05, 4.69) is 26.4 Å². The Bertz CT molecular complexity index is 1180. The third-order valence-electron chi connectivity index (χ3n) is 4.22. The molecule has 3 aromatic heterocycles. The van der Waals surface area contributed by atoms with Gasteiger partial charge in [-0.05, 0) is 50.1 Å². The minimum Gasteiger partial charge on any atom is -0.466 e.